The summed E-state index contributed by atoms with van der Waals surface area (Å²) >= 11 is 0. The molecule has 0 aromatic heterocycles. The van der Waals surface area contributed by atoms with Crippen LogP contribution in [0.4, 0.5) is 0 Å². The molecular formula is C15H23NO2. The Kier molecular flexibility index (Phi) is 4.75. The van der Waals surface area contributed by atoms with E-state index in [9.17, 15) is 10.2 Å². The lowest BCUT2D eigenvalue weighted by Gasteiger charge is -2.37. The average molecular weight is 249 g/mol. The van der Waals surface area contributed by atoms with Crippen molar-refractivity contribution in [3.63, 3.8) is 0 Å². The topological polar surface area (TPSA) is 43.7 Å². The second-order valence-corrected chi connectivity index (χ2v) is 5.23. The van der Waals surface area contributed by atoms with Gasteiger partial charge in [-0.05, 0) is 37.3 Å². The minimum Gasteiger partial charge on any atom is -0.395 e. The van der Waals surface area contributed by atoms with E-state index in [1.165, 1.54) is 11.1 Å². The molecule has 0 saturated carbocycles. The number of rotatable bonds is 4. The summed E-state index contributed by atoms with van der Waals surface area (Å²) in [5.74, 6) is 0. The van der Waals surface area contributed by atoms with Crippen molar-refractivity contribution in [1.82, 2.24) is 4.90 Å². The monoisotopic (exact) mass is 249 g/mol. The zero-order chi connectivity index (χ0) is 13.0. The van der Waals surface area contributed by atoms with Crippen molar-refractivity contribution in [2.75, 3.05) is 19.7 Å². The zero-order valence-corrected chi connectivity index (χ0v) is 11.0. The SMILES string of the molecule is Cc1ccccc1CCN1CCC(O)CC1CO. The Morgan fingerprint density at radius 2 is 2.11 bits per heavy atom. The van der Waals surface area contributed by atoms with Crippen LogP contribution in [0.25, 0.3) is 0 Å². The van der Waals surface area contributed by atoms with Crippen LogP contribution in [0.2, 0.25) is 0 Å². The van der Waals surface area contributed by atoms with Gasteiger partial charge in [0.1, 0.15) is 0 Å². The Hall–Kier alpha value is -0.900. The fourth-order valence-corrected chi connectivity index (χ4v) is 2.72. The van der Waals surface area contributed by atoms with E-state index >= 15 is 0 Å². The number of aliphatic hydroxyl groups excluding tert-OH is 2. The van der Waals surface area contributed by atoms with E-state index in [1.54, 1.807) is 0 Å². The predicted molar refractivity (Wildman–Crippen MR) is 72.6 cm³/mol. The van der Waals surface area contributed by atoms with Gasteiger partial charge in [0, 0.05) is 19.1 Å². The second-order valence-electron chi connectivity index (χ2n) is 5.23. The summed E-state index contributed by atoms with van der Waals surface area (Å²) in [5.41, 5.74) is 2.70. The number of likely N-dealkylation sites (tertiary alicyclic amines) is 1. The van der Waals surface area contributed by atoms with Crippen LogP contribution in [-0.4, -0.2) is 47.0 Å². The van der Waals surface area contributed by atoms with E-state index < -0.39 is 0 Å². The van der Waals surface area contributed by atoms with Crippen molar-refractivity contribution < 1.29 is 10.2 Å². The molecule has 0 bridgehead atoms. The lowest BCUT2D eigenvalue weighted by molar-refractivity contribution is 0.0177. The molecule has 1 aromatic carbocycles. The van der Waals surface area contributed by atoms with Gasteiger partial charge in [-0.3, -0.25) is 4.90 Å². The third-order valence-corrected chi connectivity index (χ3v) is 3.95. The fourth-order valence-electron chi connectivity index (χ4n) is 2.72. The lowest BCUT2D eigenvalue weighted by atomic mass is 9.98. The highest BCUT2D eigenvalue weighted by Crippen LogP contribution is 2.18. The third kappa shape index (κ3) is 3.31. The summed E-state index contributed by atoms with van der Waals surface area (Å²) < 4.78 is 0. The first-order valence-electron chi connectivity index (χ1n) is 6.78. The highest BCUT2D eigenvalue weighted by Gasteiger charge is 2.26. The first-order valence-corrected chi connectivity index (χ1v) is 6.78. The fraction of sp³-hybridized carbons (Fsp3) is 0.600. The second kappa shape index (κ2) is 6.32. The van der Waals surface area contributed by atoms with E-state index in [1.807, 2.05) is 0 Å². The van der Waals surface area contributed by atoms with E-state index in [-0.39, 0.29) is 18.8 Å². The van der Waals surface area contributed by atoms with Crippen LogP contribution < -0.4 is 0 Å². The molecule has 0 aliphatic carbocycles. The maximum atomic E-state index is 9.62. The van der Waals surface area contributed by atoms with Crippen LogP contribution in [0.1, 0.15) is 24.0 Å². The van der Waals surface area contributed by atoms with Gasteiger partial charge in [0.15, 0.2) is 0 Å². The molecule has 0 spiro atoms. The number of aryl methyl sites for hydroxylation is 1. The molecule has 1 aliphatic heterocycles. The van der Waals surface area contributed by atoms with Gasteiger partial charge >= 0.3 is 0 Å². The molecule has 18 heavy (non-hydrogen) atoms. The molecule has 3 heteroatoms. The Balaban J connectivity index is 1.91. The van der Waals surface area contributed by atoms with Gasteiger partial charge in [0.2, 0.25) is 0 Å². The van der Waals surface area contributed by atoms with E-state index in [0.717, 1.165) is 25.9 Å². The molecule has 2 atom stereocenters. The van der Waals surface area contributed by atoms with Crippen molar-refractivity contribution in [1.29, 1.82) is 0 Å². The van der Waals surface area contributed by atoms with Gasteiger partial charge in [-0.25, -0.2) is 0 Å². The summed E-state index contributed by atoms with van der Waals surface area (Å²) in [4.78, 5) is 2.30. The standard InChI is InChI=1S/C15H23NO2/c1-12-4-2-3-5-13(12)6-8-16-9-7-15(18)10-14(16)11-17/h2-5,14-15,17-18H,6-11H2,1H3. The average Bonchev–Trinajstić information content (AvgIpc) is 2.39. The van der Waals surface area contributed by atoms with Gasteiger partial charge in [-0.1, -0.05) is 24.3 Å². The minimum atomic E-state index is -0.239. The van der Waals surface area contributed by atoms with Crippen molar-refractivity contribution in [2.45, 2.75) is 38.3 Å². The number of benzene rings is 1. The zero-order valence-electron chi connectivity index (χ0n) is 11.0. The normalized spacial score (nSPS) is 25.3. The Labute approximate surface area is 109 Å². The summed E-state index contributed by atoms with van der Waals surface area (Å²) in [6.45, 7) is 4.13. The van der Waals surface area contributed by atoms with Crippen molar-refractivity contribution in [3.05, 3.63) is 35.4 Å². The maximum Gasteiger partial charge on any atom is 0.0587 e. The molecule has 0 amide bonds. The number of nitrogens with zero attached hydrogens (tertiary/aromatic N) is 1. The molecule has 1 aromatic rings. The van der Waals surface area contributed by atoms with Crippen LogP contribution >= 0.6 is 0 Å². The number of hydrogen-bond donors (Lipinski definition) is 2. The molecule has 1 heterocycles. The van der Waals surface area contributed by atoms with Crippen LogP contribution in [-0.2, 0) is 6.42 Å². The summed E-state index contributed by atoms with van der Waals surface area (Å²) in [6.07, 6.45) is 2.30. The van der Waals surface area contributed by atoms with E-state index in [0.29, 0.717) is 6.42 Å². The molecule has 0 radical (unpaired) electrons. The number of piperidine rings is 1. The molecule has 3 nitrogen and oxygen atoms in total. The lowest BCUT2D eigenvalue weighted by Crippen LogP contribution is -2.47. The van der Waals surface area contributed by atoms with Crippen LogP contribution in [0.5, 0.6) is 0 Å². The van der Waals surface area contributed by atoms with Gasteiger partial charge in [0.05, 0.1) is 12.7 Å². The first kappa shape index (κ1) is 13.5. The highest BCUT2D eigenvalue weighted by atomic mass is 16.3. The molecule has 1 saturated heterocycles. The van der Waals surface area contributed by atoms with Crippen LogP contribution in [0.15, 0.2) is 24.3 Å². The highest BCUT2D eigenvalue weighted by molar-refractivity contribution is 5.25. The van der Waals surface area contributed by atoms with Gasteiger partial charge in [0.25, 0.3) is 0 Å². The van der Waals surface area contributed by atoms with E-state index in [4.69, 9.17) is 0 Å². The smallest absolute Gasteiger partial charge is 0.0587 e. The minimum absolute atomic E-state index is 0.123. The molecule has 2 unspecified atom stereocenters. The first-order chi connectivity index (χ1) is 8.70. The Morgan fingerprint density at radius 1 is 1.33 bits per heavy atom. The third-order valence-electron chi connectivity index (χ3n) is 3.95. The quantitative estimate of drug-likeness (QED) is 0.846. The number of hydrogen-bond acceptors (Lipinski definition) is 3. The van der Waals surface area contributed by atoms with Crippen LogP contribution in [0.3, 0.4) is 0 Å². The summed E-state index contributed by atoms with van der Waals surface area (Å²) in [5, 5.41) is 19.0. The van der Waals surface area contributed by atoms with Crippen molar-refractivity contribution in [2.24, 2.45) is 0 Å². The maximum absolute atomic E-state index is 9.62. The van der Waals surface area contributed by atoms with E-state index in [2.05, 4.69) is 36.1 Å². The van der Waals surface area contributed by atoms with Gasteiger partial charge in [-0.2, -0.15) is 0 Å². The largest absolute Gasteiger partial charge is 0.395 e. The molecule has 1 aliphatic rings. The summed E-state index contributed by atoms with van der Waals surface area (Å²) in [6, 6.07) is 8.57. The summed E-state index contributed by atoms with van der Waals surface area (Å²) in [7, 11) is 0. The molecule has 2 N–H and O–H groups in total. The predicted octanol–water partition coefficient (Wildman–Crippen LogP) is 1.36. The molecule has 2 rings (SSSR count). The van der Waals surface area contributed by atoms with Crippen LogP contribution in [0, 0.1) is 6.92 Å². The Bertz CT molecular complexity index is 381. The Morgan fingerprint density at radius 3 is 2.83 bits per heavy atom. The van der Waals surface area contributed by atoms with Gasteiger partial charge in [-0.15, -0.1) is 0 Å². The van der Waals surface area contributed by atoms with Gasteiger partial charge < -0.3 is 10.2 Å². The molecule has 1 fully saturated rings. The molecule has 100 valence electrons. The molecular weight excluding hydrogens is 226 g/mol. The van der Waals surface area contributed by atoms with Crippen molar-refractivity contribution >= 4 is 0 Å². The van der Waals surface area contributed by atoms with Crippen molar-refractivity contribution in [3.8, 4) is 0 Å². The number of aliphatic hydroxyl groups is 2.